The first-order valence-corrected chi connectivity index (χ1v) is 6.06. The minimum Gasteiger partial charge on any atom is -0.398 e. The molecule has 0 spiro atoms. The molecule has 2 aromatic rings. The van der Waals surface area contributed by atoms with Crippen molar-refractivity contribution in [1.82, 2.24) is 0 Å². The molecule has 0 heterocycles. The van der Waals surface area contributed by atoms with Gasteiger partial charge in [-0.05, 0) is 30.3 Å². The predicted octanol–water partition coefficient (Wildman–Crippen LogP) is 3.22. The van der Waals surface area contributed by atoms with E-state index in [1.807, 2.05) is 0 Å². The van der Waals surface area contributed by atoms with E-state index in [4.69, 9.17) is 17.3 Å². The van der Waals surface area contributed by atoms with Gasteiger partial charge < -0.3 is 11.1 Å². The highest BCUT2D eigenvalue weighted by atomic mass is 35.5. The molecule has 0 saturated carbocycles. The Morgan fingerprint density at radius 2 is 2.00 bits per heavy atom. The van der Waals surface area contributed by atoms with Crippen LogP contribution in [0.4, 0.5) is 21.5 Å². The van der Waals surface area contributed by atoms with Crippen LogP contribution < -0.4 is 11.1 Å². The minimum atomic E-state index is -0.696. The Kier molecular flexibility index (Phi) is 4.04. The minimum absolute atomic E-state index is 0.00525. The average Bonchev–Trinajstić information content (AvgIpc) is 2.37. The molecule has 0 aliphatic rings. The lowest BCUT2D eigenvalue weighted by molar-refractivity contribution is -0.383. The van der Waals surface area contributed by atoms with Gasteiger partial charge >= 0.3 is 0 Å². The van der Waals surface area contributed by atoms with Gasteiger partial charge in [0.25, 0.3) is 11.6 Å². The van der Waals surface area contributed by atoms with Crippen LogP contribution in [0.25, 0.3) is 0 Å². The van der Waals surface area contributed by atoms with Gasteiger partial charge in [-0.25, -0.2) is 4.39 Å². The Hall–Kier alpha value is -2.67. The summed E-state index contributed by atoms with van der Waals surface area (Å²) in [7, 11) is 0. The van der Waals surface area contributed by atoms with E-state index in [0.717, 1.165) is 12.1 Å². The van der Waals surface area contributed by atoms with Crippen LogP contribution >= 0.6 is 11.6 Å². The molecule has 8 heteroatoms. The molecule has 1 amide bonds. The standard InChI is InChI=1S/C13H9ClFN3O3/c14-7-1-4-12(18(20)21)11(5-7)17-13(19)9-3-2-8(15)6-10(9)16/h1-6H,16H2,(H,17,19). The summed E-state index contributed by atoms with van der Waals surface area (Å²) in [4.78, 5) is 22.3. The summed E-state index contributed by atoms with van der Waals surface area (Å²) in [5.41, 5.74) is 5.10. The van der Waals surface area contributed by atoms with Gasteiger partial charge in [-0.15, -0.1) is 0 Å². The van der Waals surface area contributed by atoms with Crippen molar-refractivity contribution in [2.75, 3.05) is 11.1 Å². The molecule has 21 heavy (non-hydrogen) atoms. The monoisotopic (exact) mass is 309 g/mol. The molecule has 0 radical (unpaired) electrons. The van der Waals surface area contributed by atoms with Gasteiger partial charge in [0, 0.05) is 16.8 Å². The second kappa shape index (κ2) is 5.76. The number of nitrogens with two attached hydrogens (primary N) is 1. The largest absolute Gasteiger partial charge is 0.398 e. The topological polar surface area (TPSA) is 98.3 Å². The van der Waals surface area contributed by atoms with E-state index >= 15 is 0 Å². The number of nitrogens with one attached hydrogen (secondary N) is 1. The van der Waals surface area contributed by atoms with Crippen molar-refractivity contribution in [3.63, 3.8) is 0 Å². The number of nitrogen functional groups attached to an aromatic ring is 1. The molecule has 0 atom stereocenters. The molecule has 0 aromatic heterocycles. The van der Waals surface area contributed by atoms with Gasteiger partial charge in [-0.3, -0.25) is 14.9 Å². The van der Waals surface area contributed by atoms with E-state index < -0.39 is 16.6 Å². The summed E-state index contributed by atoms with van der Waals surface area (Å²) in [6, 6.07) is 7.00. The Bertz CT molecular complexity index is 737. The van der Waals surface area contributed by atoms with Crippen molar-refractivity contribution >= 4 is 34.6 Å². The molecule has 2 rings (SSSR count). The Morgan fingerprint density at radius 3 is 2.62 bits per heavy atom. The lowest BCUT2D eigenvalue weighted by Gasteiger charge is -2.08. The number of carbonyl (C=O) groups is 1. The summed E-state index contributed by atoms with van der Waals surface area (Å²) in [6.07, 6.45) is 0. The van der Waals surface area contributed by atoms with Crippen LogP contribution in [0.1, 0.15) is 10.4 Å². The van der Waals surface area contributed by atoms with Crippen LogP contribution in [-0.2, 0) is 0 Å². The summed E-state index contributed by atoms with van der Waals surface area (Å²) in [6.45, 7) is 0. The first-order chi connectivity index (χ1) is 9.88. The van der Waals surface area contributed by atoms with Crippen LogP contribution in [0.3, 0.4) is 0 Å². The molecule has 0 aliphatic heterocycles. The van der Waals surface area contributed by atoms with Crippen LogP contribution in [0.15, 0.2) is 36.4 Å². The summed E-state index contributed by atoms with van der Waals surface area (Å²) in [5, 5.41) is 13.5. The van der Waals surface area contributed by atoms with Crippen LogP contribution in [0.5, 0.6) is 0 Å². The lowest BCUT2D eigenvalue weighted by atomic mass is 10.1. The first kappa shape index (κ1) is 14.7. The van der Waals surface area contributed by atoms with Gasteiger partial charge in [0.05, 0.1) is 10.5 Å². The van der Waals surface area contributed by atoms with E-state index in [-0.39, 0.29) is 27.6 Å². The fraction of sp³-hybridized carbons (Fsp3) is 0. The summed E-state index contributed by atoms with van der Waals surface area (Å²) < 4.78 is 12.9. The molecule has 108 valence electrons. The van der Waals surface area contributed by atoms with Gasteiger partial charge in [-0.2, -0.15) is 0 Å². The quantitative estimate of drug-likeness (QED) is 0.516. The maximum atomic E-state index is 12.9. The summed E-state index contributed by atoms with van der Waals surface area (Å²) >= 11 is 5.75. The van der Waals surface area contributed by atoms with Crippen molar-refractivity contribution in [2.45, 2.75) is 0 Å². The van der Waals surface area contributed by atoms with E-state index in [1.165, 1.54) is 24.3 Å². The van der Waals surface area contributed by atoms with E-state index in [1.54, 1.807) is 0 Å². The van der Waals surface area contributed by atoms with Gasteiger partial charge in [0.1, 0.15) is 11.5 Å². The highest BCUT2D eigenvalue weighted by Crippen LogP contribution is 2.28. The predicted molar refractivity (Wildman–Crippen MR) is 76.9 cm³/mol. The van der Waals surface area contributed by atoms with E-state index in [2.05, 4.69) is 5.32 Å². The number of hydrogen-bond donors (Lipinski definition) is 2. The number of anilines is 2. The Morgan fingerprint density at radius 1 is 1.29 bits per heavy atom. The molecular weight excluding hydrogens is 301 g/mol. The lowest BCUT2D eigenvalue weighted by Crippen LogP contribution is -2.15. The highest BCUT2D eigenvalue weighted by Gasteiger charge is 2.18. The zero-order chi connectivity index (χ0) is 15.6. The fourth-order valence-electron chi connectivity index (χ4n) is 1.70. The number of nitro benzene ring substituents is 1. The van der Waals surface area contributed by atoms with E-state index in [9.17, 15) is 19.3 Å². The van der Waals surface area contributed by atoms with E-state index in [0.29, 0.717) is 0 Å². The van der Waals surface area contributed by atoms with Crippen molar-refractivity contribution < 1.29 is 14.1 Å². The molecule has 0 saturated heterocycles. The molecular formula is C13H9ClFN3O3. The van der Waals surface area contributed by atoms with Crippen LogP contribution in [0, 0.1) is 15.9 Å². The molecule has 0 unspecified atom stereocenters. The normalized spacial score (nSPS) is 10.2. The number of carbonyl (C=O) groups excluding carboxylic acids is 1. The maximum Gasteiger partial charge on any atom is 0.292 e. The number of rotatable bonds is 3. The number of nitrogens with zero attached hydrogens (tertiary/aromatic N) is 1. The molecule has 2 aromatic carbocycles. The zero-order valence-corrected chi connectivity index (χ0v) is 11.2. The van der Waals surface area contributed by atoms with Crippen molar-refractivity contribution in [2.24, 2.45) is 0 Å². The molecule has 0 fully saturated rings. The van der Waals surface area contributed by atoms with Crippen molar-refractivity contribution in [3.8, 4) is 0 Å². The Balaban J connectivity index is 2.35. The smallest absolute Gasteiger partial charge is 0.292 e. The zero-order valence-electron chi connectivity index (χ0n) is 10.5. The maximum absolute atomic E-state index is 12.9. The molecule has 0 aliphatic carbocycles. The second-order valence-corrected chi connectivity index (χ2v) is 4.54. The first-order valence-electron chi connectivity index (χ1n) is 5.69. The third-order valence-electron chi connectivity index (χ3n) is 2.66. The van der Waals surface area contributed by atoms with Gasteiger partial charge in [0.15, 0.2) is 0 Å². The van der Waals surface area contributed by atoms with Gasteiger partial charge in [-0.1, -0.05) is 11.6 Å². The number of amides is 1. The molecule has 3 N–H and O–H groups in total. The Labute approximate surface area is 123 Å². The molecule has 6 nitrogen and oxygen atoms in total. The third-order valence-corrected chi connectivity index (χ3v) is 2.90. The van der Waals surface area contributed by atoms with Crippen molar-refractivity contribution in [1.29, 1.82) is 0 Å². The number of nitro groups is 1. The third kappa shape index (κ3) is 3.26. The average molecular weight is 310 g/mol. The SMILES string of the molecule is Nc1cc(F)ccc1C(=O)Nc1cc(Cl)ccc1[N+](=O)[O-]. The van der Waals surface area contributed by atoms with Crippen molar-refractivity contribution in [3.05, 3.63) is 62.9 Å². The second-order valence-electron chi connectivity index (χ2n) is 4.10. The number of hydrogen-bond acceptors (Lipinski definition) is 4. The number of halogens is 2. The summed E-state index contributed by atoms with van der Waals surface area (Å²) in [5.74, 6) is -1.28. The van der Waals surface area contributed by atoms with Crippen LogP contribution in [0.2, 0.25) is 5.02 Å². The fourth-order valence-corrected chi connectivity index (χ4v) is 1.87. The van der Waals surface area contributed by atoms with Gasteiger partial charge in [0.2, 0.25) is 0 Å². The number of benzene rings is 2. The highest BCUT2D eigenvalue weighted by molar-refractivity contribution is 6.31. The molecule has 0 bridgehead atoms. The van der Waals surface area contributed by atoms with Crippen LogP contribution in [-0.4, -0.2) is 10.8 Å².